The molecule has 0 aromatic carbocycles. The van der Waals surface area contributed by atoms with Gasteiger partial charge in [0, 0.05) is 6.04 Å². The zero-order valence-corrected chi connectivity index (χ0v) is 4.46. The highest BCUT2D eigenvalue weighted by Gasteiger charge is 1.87. The number of allylic oxidation sites excluding steroid dienone is 1. The van der Waals surface area contributed by atoms with Crippen LogP contribution in [0.3, 0.4) is 0 Å². The lowest BCUT2D eigenvalue weighted by atomic mass is 10.3. The Morgan fingerprint density at radius 2 is 2.43 bits per heavy atom. The zero-order valence-electron chi connectivity index (χ0n) is 4.46. The highest BCUT2D eigenvalue weighted by atomic mass is 16.3. The Hall–Kier alpha value is -0.340. The van der Waals surface area contributed by atoms with Crippen LogP contribution in [0.4, 0.5) is 0 Å². The van der Waals surface area contributed by atoms with Crippen LogP contribution in [0.2, 0.25) is 0 Å². The van der Waals surface area contributed by atoms with Crippen molar-refractivity contribution in [1.82, 2.24) is 0 Å². The molecule has 42 valence electrons. The van der Waals surface area contributed by atoms with E-state index in [4.69, 9.17) is 10.8 Å². The standard InChI is InChI=1S/C5H11NO/c1-2-3-5(6)4-7/h2-3,5,7H,4,6H2,1H3/b3-2-/t5-/m0/s1. The molecule has 0 saturated carbocycles. The first kappa shape index (κ1) is 6.66. The minimum atomic E-state index is -0.176. The van der Waals surface area contributed by atoms with Gasteiger partial charge in [-0.3, -0.25) is 0 Å². The molecular formula is C5H11NO. The van der Waals surface area contributed by atoms with Crippen LogP contribution >= 0.6 is 0 Å². The van der Waals surface area contributed by atoms with Crippen molar-refractivity contribution in [1.29, 1.82) is 0 Å². The summed E-state index contributed by atoms with van der Waals surface area (Å²) < 4.78 is 0. The van der Waals surface area contributed by atoms with E-state index in [-0.39, 0.29) is 12.6 Å². The predicted molar refractivity (Wildman–Crippen MR) is 29.9 cm³/mol. The Labute approximate surface area is 43.6 Å². The van der Waals surface area contributed by atoms with Crippen LogP contribution in [0.1, 0.15) is 6.92 Å². The van der Waals surface area contributed by atoms with Gasteiger partial charge in [0.25, 0.3) is 0 Å². The molecule has 0 rings (SSSR count). The fraction of sp³-hybridized carbons (Fsp3) is 0.600. The Kier molecular flexibility index (Phi) is 3.65. The summed E-state index contributed by atoms with van der Waals surface area (Å²) in [5, 5.41) is 8.29. The van der Waals surface area contributed by atoms with Gasteiger partial charge in [0.2, 0.25) is 0 Å². The SMILES string of the molecule is C/C=C\[C@H](N)CO. The molecule has 0 amide bonds. The molecule has 3 N–H and O–H groups in total. The molecule has 2 nitrogen and oxygen atoms in total. The number of nitrogens with two attached hydrogens (primary N) is 1. The summed E-state index contributed by atoms with van der Waals surface area (Å²) in [4.78, 5) is 0. The maximum absolute atomic E-state index is 8.29. The van der Waals surface area contributed by atoms with Gasteiger partial charge in [-0.2, -0.15) is 0 Å². The van der Waals surface area contributed by atoms with E-state index < -0.39 is 0 Å². The molecule has 0 bridgehead atoms. The second-order valence-electron chi connectivity index (χ2n) is 1.37. The molecule has 1 atom stereocenters. The Balaban J connectivity index is 3.16. The molecule has 0 aliphatic heterocycles. The molecule has 0 heterocycles. The molecule has 0 aromatic rings. The van der Waals surface area contributed by atoms with E-state index >= 15 is 0 Å². The number of rotatable bonds is 2. The zero-order chi connectivity index (χ0) is 5.70. The monoisotopic (exact) mass is 101 g/mol. The maximum Gasteiger partial charge on any atom is 0.0618 e. The van der Waals surface area contributed by atoms with Crippen molar-refractivity contribution >= 4 is 0 Å². The summed E-state index contributed by atoms with van der Waals surface area (Å²) in [6.07, 6.45) is 3.57. The maximum atomic E-state index is 8.29. The Morgan fingerprint density at radius 1 is 1.86 bits per heavy atom. The van der Waals surface area contributed by atoms with Gasteiger partial charge < -0.3 is 10.8 Å². The van der Waals surface area contributed by atoms with Crippen LogP contribution in [-0.2, 0) is 0 Å². The van der Waals surface area contributed by atoms with Crippen LogP contribution in [0, 0.1) is 0 Å². The van der Waals surface area contributed by atoms with E-state index in [0.29, 0.717) is 0 Å². The number of hydrogen-bond acceptors (Lipinski definition) is 2. The topological polar surface area (TPSA) is 46.2 Å². The molecule has 0 radical (unpaired) electrons. The van der Waals surface area contributed by atoms with Gasteiger partial charge in [-0.05, 0) is 6.92 Å². The second-order valence-corrected chi connectivity index (χ2v) is 1.37. The van der Waals surface area contributed by atoms with E-state index in [0.717, 1.165) is 0 Å². The minimum absolute atomic E-state index is 0.0321. The third kappa shape index (κ3) is 3.49. The normalized spacial score (nSPS) is 15.3. The fourth-order valence-corrected chi connectivity index (χ4v) is 0.308. The van der Waals surface area contributed by atoms with Crippen molar-refractivity contribution in [2.75, 3.05) is 6.61 Å². The molecule has 0 aliphatic rings. The predicted octanol–water partition coefficient (Wildman–Crippen LogP) is -0.118. The molecule has 0 aliphatic carbocycles. The third-order valence-corrected chi connectivity index (χ3v) is 0.650. The Bertz CT molecular complexity index is 61.1. The lowest BCUT2D eigenvalue weighted by Gasteiger charge is -1.95. The lowest BCUT2D eigenvalue weighted by Crippen LogP contribution is -2.20. The van der Waals surface area contributed by atoms with Gasteiger partial charge in [-0.25, -0.2) is 0 Å². The average molecular weight is 101 g/mol. The van der Waals surface area contributed by atoms with Crippen molar-refractivity contribution in [3.63, 3.8) is 0 Å². The Morgan fingerprint density at radius 3 is 2.57 bits per heavy atom. The largest absolute Gasteiger partial charge is 0.394 e. The average Bonchev–Trinajstić information content (AvgIpc) is 1.68. The number of hydrogen-bond donors (Lipinski definition) is 2. The highest BCUT2D eigenvalue weighted by Crippen LogP contribution is 1.76. The first-order chi connectivity index (χ1) is 3.31. The molecule has 0 fully saturated rings. The van der Waals surface area contributed by atoms with E-state index in [1.165, 1.54) is 0 Å². The summed E-state index contributed by atoms with van der Waals surface area (Å²) in [7, 11) is 0. The highest BCUT2D eigenvalue weighted by molar-refractivity contribution is 4.87. The minimum Gasteiger partial charge on any atom is -0.394 e. The summed E-state index contributed by atoms with van der Waals surface area (Å²) in [6.45, 7) is 1.90. The molecule has 0 aromatic heterocycles. The first-order valence-corrected chi connectivity index (χ1v) is 2.30. The van der Waals surface area contributed by atoms with Crippen molar-refractivity contribution < 1.29 is 5.11 Å². The fourth-order valence-electron chi connectivity index (χ4n) is 0.308. The van der Waals surface area contributed by atoms with E-state index in [9.17, 15) is 0 Å². The third-order valence-electron chi connectivity index (χ3n) is 0.650. The van der Waals surface area contributed by atoms with Crippen LogP contribution in [0.15, 0.2) is 12.2 Å². The van der Waals surface area contributed by atoms with Crippen LogP contribution in [0.5, 0.6) is 0 Å². The molecule has 0 saturated heterocycles. The smallest absolute Gasteiger partial charge is 0.0618 e. The summed E-state index contributed by atoms with van der Waals surface area (Å²) in [5.74, 6) is 0. The van der Waals surface area contributed by atoms with Crippen LogP contribution in [0.25, 0.3) is 0 Å². The summed E-state index contributed by atoms with van der Waals surface area (Å²) in [5.41, 5.74) is 5.25. The van der Waals surface area contributed by atoms with Gasteiger partial charge in [0.05, 0.1) is 6.61 Å². The van der Waals surface area contributed by atoms with Crippen LogP contribution < -0.4 is 5.73 Å². The second kappa shape index (κ2) is 3.84. The molecule has 0 spiro atoms. The summed E-state index contributed by atoms with van der Waals surface area (Å²) >= 11 is 0. The van der Waals surface area contributed by atoms with E-state index in [2.05, 4.69) is 0 Å². The van der Waals surface area contributed by atoms with Gasteiger partial charge >= 0.3 is 0 Å². The van der Waals surface area contributed by atoms with Crippen molar-refractivity contribution in [3.05, 3.63) is 12.2 Å². The molecule has 7 heavy (non-hydrogen) atoms. The van der Waals surface area contributed by atoms with Crippen molar-refractivity contribution in [2.45, 2.75) is 13.0 Å². The van der Waals surface area contributed by atoms with Crippen LogP contribution in [-0.4, -0.2) is 17.8 Å². The number of aliphatic hydroxyl groups is 1. The van der Waals surface area contributed by atoms with Crippen molar-refractivity contribution in [2.24, 2.45) is 5.73 Å². The van der Waals surface area contributed by atoms with Gasteiger partial charge in [-0.15, -0.1) is 0 Å². The van der Waals surface area contributed by atoms with Gasteiger partial charge in [-0.1, -0.05) is 12.2 Å². The molecular weight excluding hydrogens is 90.1 g/mol. The molecule has 0 unspecified atom stereocenters. The van der Waals surface area contributed by atoms with E-state index in [1.807, 2.05) is 13.0 Å². The summed E-state index contributed by atoms with van der Waals surface area (Å²) in [6, 6.07) is -0.176. The first-order valence-electron chi connectivity index (χ1n) is 2.30. The van der Waals surface area contributed by atoms with Crippen molar-refractivity contribution in [3.8, 4) is 0 Å². The lowest BCUT2D eigenvalue weighted by molar-refractivity contribution is 0.284. The molecule has 2 heteroatoms. The van der Waals surface area contributed by atoms with Gasteiger partial charge in [0.15, 0.2) is 0 Å². The van der Waals surface area contributed by atoms with Gasteiger partial charge in [0.1, 0.15) is 0 Å². The van der Waals surface area contributed by atoms with E-state index in [1.54, 1.807) is 6.08 Å². The number of aliphatic hydroxyl groups excluding tert-OH is 1. The quantitative estimate of drug-likeness (QED) is 0.476.